The van der Waals surface area contributed by atoms with Crippen LogP contribution in [-0.2, 0) is 17.8 Å². The number of benzene rings is 2. The third-order valence-corrected chi connectivity index (χ3v) is 4.78. The molecule has 170 valence electrons. The van der Waals surface area contributed by atoms with Gasteiger partial charge in [-0.05, 0) is 41.8 Å². The van der Waals surface area contributed by atoms with Crippen LogP contribution >= 0.6 is 35.6 Å². The predicted molar refractivity (Wildman–Crippen MR) is 136 cm³/mol. The number of hydrogen-bond donors (Lipinski definition) is 2. The molecule has 7 nitrogen and oxygen atoms in total. The maximum absolute atomic E-state index is 11.9. The Bertz CT molecular complexity index is 860. The van der Waals surface area contributed by atoms with Gasteiger partial charge in [0.2, 0.25) is 5.91 Å². The van der Waals surface area contributed by atoms with E-state index < -0.39 is 0 Å². The fraction of sp³-hybridized carbons (Fsp3) is 0.364. The quantitative estimate of drug-likeness (QED) is 0.280. The number of halogens is 2. The second-order valence-corrected chi connectivity index (χ2v) is 7.20. The molecule has 2 N–H and O–H groups in total. The highest BCUT2D eigenvalue weighted by Gasteiger charge is 2.07. The van der Waals surface area contributed by atoms with Crippen LogP contribution in [0.15, 0.2) is 47.5 Å². The summed E-state index contributed by atoms with van der Waals surface area (Å²) >= 11 is 6.31. The summed E-state index contributed by atoms with van der Waals surface area (Å²) in [6, 6.07) is 13.3. The molecule has 9 heteroatoms. The highest BCUT2D eigenvalue weighted by atomic mass is 127. The van der Waals surface area contributed by atoms with Gasteiger partial charge in [-0.15, -0.1) is 24.0 Å². The number of guanidine groups is 1. The number of hydrogen-bond acceptors (Lipinski definition) is 4. The molecule has 0 atom stereocenters. The maximum Gasteiger partial charge on any atom is 0.241 e. The topological polar surface area (TPSA) is 75.2 Å². The Hall–Kier alpha value is -2.20. The van der Waals surface area contributed by atoms with E-state index in [2.05, 4.69) is 15.6 Å². The van der Waals surface area contributed by atoms with E-state index in [4.69, 9.17) is 21.1 Å². The van der Waals surface area contributed by atoms with Crippen LogP contribution in [0.4, 0.5) is 0 Å². The molecule has 2 rings (SSSR count). The summed E-state index contributed by atoms with van der Waals surface area (Å²) in [5, 5.41) is 7.00. The lowest BCUT2D eigenvalue weighted by Gasteiger charge is -2.15. The molecule has 0 heterocycles. The van der Waals surface area contributed by atoms with Gasteiger partial charge in [0.05, 0.1) is 27.3 Å². The van der Waals surface area contributed by atoms with Crippen molar-refractivity contribution in [1.82, 2.24) is 15.5 Å². The summed E-state index contributed by atoms with van der Waals surface area (Å²) in [5.74, 6) is 2.05. The summed E-state index contributed by atoms with van der Waals surface area (Å²) in [7, 11) is 6.68. The van der Waals surface area contributed by atoms with Gasteiger partial charge < -0.3 is 25.0 Å². The first-order valence-corrected chi connectivity index (χ1v) is 9.98. The molecule has 0 bridgehead atoms. The number of nitrogens with one attached hydrogen (secondary N) is 2. The molecule has 0 saturated carbocycles. The average molecular weight is 561 g/mol. The van der Waals surface area contributed by atoms with Crippen molar-refractivity contribution >= 4 is 47.4 Å². The van der Waals surface area contributed by atoms with Gasteiger partial charge in [0, 0.05) is 25.7 Å². The number of methoxy groups -OCH3 is 2. The zero-order valence-electron chi connectivity index (χ0n) is 18.3. The van der Waals surface area contributed by atoms with E-state index in [9.17, 15) is 4.79 Å². The molecule has 0 aromatic heterocycles. The lowest BCUT2D eigenvalue weighted by Crippen LogP contribution is -2.43. The molecule has 2 aromatic rings. The van der Waals surface area contributed by atoms with Crippen molar-refractivity contribution in [2.24, 2.45) is 4.99 Å². The third kappa shape index (κ3) is 9.22. The Morgan fingerprint density at radius 3 is 2.26 bits per heavy atom. The number of nitrogens with zero attached hydrogens (tertiary/aromatic N) is 2. The van der Waals surface area contributed by atoms with E-state index in [1.165, 1.54) is 4.90 Å². The molecular formula is C22H30ClIN4O3. The van der Waals surface area contributed by atoms with Crippen LogP contribution in [-0.4, -0.2) is 58.2 Å². The number of rotatable bonds is 9. The van der Waals surface area contributed by atoms with E-state index in [0.717, 1.165) is 22.6 Å². The van der Waals surface area contributed by atoms with E-state index in [1.54, 1.807) is 34.4 Å². The van der Waals surface area contributed by atoms with Gasteiger partial charge in [0.15, 0.2) is 5.96 Å². The van der Waals surface area contributed by atoms with Gasteiger partial charge in [-0.25, -0.2) is 4.99 Å². The minimum Gasteiger partial charge on any atom is -0.497 e. The number of amides is 1. The highest BCUT2D eigenvalue weighted by molar-refractivity contribution is 14.0. The molecule has 0 saturated heterocycles. The molecule has 1 amide bonds. The minimum atomic E-state index is -0.0350. The minimum absolute atomic E-state index is 0. The van der Waals surface area contributed by atoms with Crippen LogP contribution in [0.5, 0.6) is 11.5 Å². The van der Waals surface area contributed by atoms with Crippen LogP contribution in [0.1, 0.15) is 11.1 Å². The lowest BCUT2D eigenvalue weighted by molar-refractivity contribution is -0.127. The molecule has 0 radical (unpaired) electrons. The monoisotopic (exact) mass is 560 g/mol. The number of carbonyl (C=O) groups is 1. The standard InChI is InChI=1S/C22H29ClN4O3.HI/c1-27(2)21(28)15-26-22(25-14-16-5-8-18(29-3)9-6-16)24-12-11-17-7-10-19(30-4)13-20(17)23;/h5-10,13H,11-12,14-15H2,1-4H3,(H2,24,25,26);1H. The Balaban J connectivity index is 0.00000480. The number of likely N-dealkylation sites (N-methyl/N-ethyl adjacent to an activating group) is 1. The second-order valence-electron chi connectivity index (χ2n) is 6.79. The number of ether oxygens (including phenoxy) is 2. The normalized spacial score (nSPS) is 10.7. The molecule has 31 heavy (non-hydrogen) atoms. The van der Waals surface area contributed by atoms with E-state index >= 15 is 0 Å². The molecule has 0 unspecified atom stereocenters. The summed E-state index contributed by atoms with van der Waals surface area (Å²) in [5.41, 5.74) is 2.04. The number of carbonyl (C=O) groups excluding carboxylic acids is 1. The Morgan fingerprint density at radius 1 is 1.03 bits per heavy atom. The molecule has 0 spiro atoms. The number of aliphatic imine (C=N–C) groups is 1. The van der Waals surface area contributed by atoms with Gasteiger partial charge in [-0.2, -0.15) is 0 Å². The van der Waals surface area contributed by atoms with Crippen LogP contribution in [0.2, 0.25) is 5.02 Å². The van der Waals surface area contributed by atoms with Crippen LogP contribution < -0.4 is 20.1 Å². The van der Waals surface area contributed by atoms with E-state index in [0.29, 0.717) is 30.5 Å². The van der Waals surface area contributed by atoms with Crippen molar-refractivity contribution in [1.29, 1.82) is 0 Å². The smallest absolute Gasteiger partial charge is 0.241 e. The van der Waals surface area contributed by atoms with Crippen molar-refractivity contribution in [2.45, 2.75) is 13.0 Å². The first-order chi connectivity index (χ1) is 14.4. The fourth-order valence-corrected chi connectivity index (χ4v) is 2.83. The van der Waals surface area contributed by atoms with Gasteiger partial charge in [0.1, 0.15) is 11.5 Å². The molecule has 0 aliphatic carbocycles. The largest absolute Gasteiger partial charge is 0.497 e. The fourth-order valence-electron chi connectivity index (χ4n) is 2.57. The zero-order valence-corrected chi connectivity index (χ0v) is 21.4. The zero-order chi connectivity index (χ0) is 21.9. The van der Waals surface area contributed by atoms with Crippen LogP contribution in [0.3, 0.4) is 0 Å². The van der Waals surface area contributed by atoms with Crippen molar-refractivity contribution in [3.63, 3.8) is 0 Å². The highest BCUT2D eigenvalue weighted by Crippen LogP contribution is 2.22. The molecule has 0 fully saturated rings. The Morgan fingerprint density at radius 2 is 1.68 bits per heavy atom. The lowest BCUT2D eigenvalue weighted by atomic mass is 10.1. The molecule has 0 aliphatic heterocycles. The van der Waals surface area contributed by atoms with Crippen molar-refractivity contribution in [2.75, 3.05) is 41.4 Å². The first-order valence-electron chi connectivity index (χ1n) is 9.60. The van der Waals surface area contributed by atoms with Crippen molar-refractivity contribution in [3.05, 3.63) is 58.6 Å². The van der Waals surface area contributed by atoms with Crippen molar-refractivity contribution in [3.8, 4) is 11.5 Å². The molecule has 0 aliphatic rings. The first kappa shape index (κ1) is 26.8. The van der Waals surface area contributed by atoms with E-state index in [1.807, 2.05) is 36.4 Å². The Kier molecular flexibility index (Phi) is 12.1. The third-order valence-electron chi connectivity index (χ3n) is 4.43. The second kappa shape index (κ2) is 14.0. The van der Waals surface area contributed by atoms with Crippen LogP contribution in [0, 0.1) is 0 Å². The van der Waals surface area contributed by atoms with Crippen molar-refractivity contribution < 1.29 is 14.3 Å². The predicted octanol–water partition coefficient (Wildman–Crippen LogP) is 3.34. The van der Waals surface area contributed by atoms with Gasteiger partial charge >= 0.3 is 0 Å². The van der Waals surface area contributed by atoms with E-state index in [-0.39, 0.29) is 36.4 Å². The van der Waals surface area contributed by atoms with Gasteiger partial charge in [-0.3, -0.25) is 4.79 Å². The van der Waals surface area contributed by atoms with Crippen LogP contribution in [0.25, 0.3) is 0 Å². The van der Waals surface area contributed by atoms with Gasteiger partial charge in [-0.1, -0.05) is 29.8 Å². The average Bonchev–Trinajstić information content (AvgIpc) is 2.76. The molecular weight excluding hydrogens is 531 g/mol. The summed E-state index contributed by atoms with van der Waals surface area (Å²) in [4.78, 5) is 18.1. The summed E-state index contributed by atoms with van der Waals surface area (Å²) in [6.07, 6.45) is 0.702. The Labute approximate surface area is 206 Å². The van der Waals surface area contributed by atoms with Gasteiger partial charge in [0.25, 0.3) is 0 Å². The maximum atomic E-state index is 11.9. The summed E-state index contributed by atoms with van der Waals surface area (Å²) in [6.45, 7) is 1.24. The summed E-state index contributed by atoms with van der Waals surface area (Å²) < 4.78 is 10.4. The SMILES string of the molecule is COc1ccc(CN=C(NCCc2ccc(OC)cc2Cl)NCC(=O)N(C)C)cc1.I. The molecule has 2 aromatic carbocycles.